The lowest BCUT2D eigenvalue weighted by Gasteiger charge is -2.45. The maximum Gasteiger partial charge on any atom is 0.415 e. The number of hydrogen-bond acceptors (Lipinski definition) is 3. The maximum absolute atomic E-state index is 13.3. The van der Waals surface area contributed by atoms with E-state index in [1.165, 1.54) is 4.90 Å². The van der Waals surface area contributed by atoms with Crippen LogP contribution in [-0.4, -0.2) is 29.3 Å². The number of fused-ring (bicyclic) bond motifs is 6. The average molecular weight is 411 g/mol. The Morgan fingerprint density at radius 3 is 2.06 bits per heavy atom. The van der Waals surface area contributed by atoms with Crippen molar-refractivity contribution in [1.29, 1.82) is 0 Å². The fraction of sp³-hybridized carbons (Fsp3) is 0.231. The van der Waals surface area contributed by atoms with E-state index in [2.05, 4.69) is 24.3 Å². The second-order valence-corrected chi connectivity index (χ2v) is 8.52. The molecule has 0 saturated heterocycles. The number of amides is 1. The number of ether oxygens (including phenoxy) is 1. The van der Waals surface area contributed by atoms with Gasteiger partial charge in [-0.1, -0.05) is 66.7 Å². The number of anilines is 1. The third-order valence-electron chi connectivity index (χ3n) is 7.23. The Kier molecular flexibility index (Phi) is 3.78. The van der Waals surface area contributed by atoms with Crippen molar-refractivity contribution in [2.24, 2.45) is 0 Å². The highest BCUT2D eigenvalue weighted by molar-refractivity contribution is 6.03. The van der Waals surface area contributed by atoms with Gasteiger partial charge in [-0.05, 0) is 46.7 Å². The van der Waals surface area contributed by atoms with Gasteiger partial charge in [-0.25, -0.2) is 9.59 Å². The van der Waals surface area contributed by atoms with Crippen molar-refractivity contribution in [2.75, 3.05) is 11.5 Å². The van der Waals surface area contributed by atoms with Crippen LogP contribution in [0.1, 0.15) is 41.4 Å². The molecule has 5 nitrogen and oxygen atoms in total. The van der Waals surface area contributed by atoms with E-state index < -0.39 is 17.6 Å². The summed E-state index contributed by atoms with van der Waals surface area (Å²) in [6.45, 7) is 0.173. The van der Waals surface area contributed by atoms with Crippen molar-refractivity contribution in [2.45, 2.75) is 30.2 Å². The van der Waals surface area contributed by atoms with Crippen LogP contribution >= 0.6 is 0 Å². The molecule has 3 aromatic rings. The Bertz CT molecular complexity index is 1190. The first-order valence-electron chi connectivity index (χ1n) is 10.6. The molecule has 2 atom stereocenters. The van der Waals surface area contributed by atoms with Gasteiger partial charge in [0.05, 0.1) is 5.69 Å². The van der Waals surface area contributed by atoms with Crippen LogP contribution in [0.15, 0.2) is 72.8 Å². The molecule has 1 saturated carbocycles. The first-order valence-corrected chi connectivity index (χ1v) is 10.6. The van der Waals surface area contributed by atoms with E-state index in [-0.39, 0.29) is 18.4 Å². The summed E-state index contributed by atoms with van der Waals surface area (Å²) >= 11 is 0. The highest BCUT2D eigenvalue weighted by Crippen LogP contribution is 2.59. The molecule has 0 aromatic heterocycles. The summed E-state index contributed by atoms with van der Waals surface area (Å²) in [7, 11) is 0. The van der Waals surface area contributed by atoms with E-state index in [1.807, 2.05) is 48.5 Å². The molecule has 1 N–H and O–H groups in total. The molecular weight excluding hydrogens is 390 g/mol. The van der Waals surface area contributed by atoms with Gasteiger partial charge in [0, 0.05) is 11.8 Å². The molecule has 5 heteroatoms. The second kappa shape index (κ2) is 6.45. The predicted octanol–water partition coefficient (Wildman–Crippen LogP) is 5.16. The van der Waals surface area contributed by atoms with Crippen LogP contribution in [0, 0.1) is 0 Å². The largest absolute Gasteiger partial charge is 0.479 e. The van der Waals surface area contributed by atoms with Gasteiger partial charge < -0.3 is 9.84 Å². The van der Waals surface area contributed by atoms with E-state index >= 15 is 0 Å². The number of para-hydroxylation sites is 1. The minimum atomic E-state index is -1.23. The van der Waals surface area contributed by atoms with Crippen molar-refractivity contribution in [3.05, 3.63) is 89.5 Å². The van der Waals surface area contributed by atoms with Crippen molar-refractivity contribution in [1.82, 2.24) is 0 Å². The average Bonchev–Trinajstić information content (AvgIpc) is 3.19. The van der Waals surface area contributed by atoms with E-state index in [4.69, 9.17) is 4.74 Å². The molecule has 0 spiro atoms. The zero-order valence-corrected chi connectivity index (χ0v) is 16.8. The monoisotopic (exact) mass is 411 g/mol. The van der Waals surface area contributed by atoms with Crippen LogP contribution in [0.4, 0.5) is 10.5 Å². The SMILES string of the molecule is O=C(OCC1c2ccccc2-c2ccccc21)N1c2ccccc2C2CCC21C(=O)O. The molecule has 154 valence electrons. The van der Waals surface area contributed by atoms with Crippen LogP contribution in [0.25, 0.3) is 11.1 Å². The first kappa shape index (κ1) is 18.2. The van der Waals surface area contributed by atoms with Gasteiger partial charge in [0.15, 0.2) is 5.54 Å². The summed E-state index contributed by atoms with van der Waals surface area (Å²) in [4.78, 5) is 27.0. The summed E-state index contributed by atoms with van der Waals surface area (Å²) in [5.74, 6) is -1.21. The molecule has 3 aliphatic rings. The van der Waals surface area contributed by atoms with E-state index in [9.17, 15) is 14.7 Å². The zero-order chi connectivity index (χ0) is 21.2. The fourth-order valence-corrected chi connectivity index (χ4v) is 5.71. The third-order valence-corrected chi connectivity index (χ3v) is 7.23. The Hall–Kier alpha value is -3.60. The lowest BCUT2D eigenvalue weighted by molar-refractivity contribution is -0.147. The third kappa shape index (κ3) is 2.31. The second-order valence-electron chi connectivity index (χ2n) is 8.52. The Labute approximate surface area is 179 Å². The van der Waals surface area contributed by atoms with Crippen LogP contribution in [0.5, 0.6) is 0 Å². The number of benzene rings is 3. The number of hydrogen-bond donors (Lipinski definition) is 1. The highest BCUT2D eigenvalue weighted by atomic mass is 16.6. The number of rotatable bonds is 3. The van der Waals surface area contributed by atoms with Gasteiger partial charge in [-0.3, -0.25) is 4.90 Å². The number of carbonyl (C=O) groups excluding carboxylic acids is 1. The summed E-state index contributed by atoms with van der Waals surface area (Å²) in [5, 5.41) is 10.1. The molecule has 1 heterocycles. The van der Waals surface area contributed by atoms with E-state index in [0.29, 0.717) is 12.1 Å². The Morgan fingerprint density at radius 2 is 1.48 bits per heavy atom. The number of carboxylic acid groups (broad SMARTS) is 1. The van der Waals surface area contributed by atoms with Gasteiger partial charge in [-0.15, -0.1) is 0 Å². The van der Waals surface area contributed by atoms with Crippen molar-refractivity contribution >= 4 is 17.7 Å². The molecular formula is C26H21NO4. The zero-order valence-electron chi connectivity index (χ0n) is 16.8. The van der Waals surface area contributed by atoms with Gasteiger partial charge in [0.2, 0.25) is 0 Å². The minimum absolute atomic E-state index is 0.0628. The molecule has 3 aromatic carbocycles. The number of aliphatic carboxylic acids is 1. The molecule has 2 unspecified atom stereocenters. The molecule has 1 fully saturated rings. The van der Waals surface area contributed by atoms with Crippen LogP contribution in [0.3, 0.4) is 0 Å². The van der Waals surface area contributed by atoms with Crippen LogP contribution in [0.2, 0.25) is 0 Å². The van der Waals surface area contributed by atoms with Gasteiger partial charge >= 0.3 is 12.1 Å². The smallest absolute Gasteiger partial charge is 0.415 e. The molecule has 1 aliphatic heterocycles. The first-order chi connectivity index (χ1) is 15.1. The number of carboxylic acids is 1. The van der Waals surface area contributed by atoms with Gasteiger partial charge in [0.1, 0.15) is 6.61 Å². The summed E-state index contributed by atoms with van der Waals surface area (Å²) < 4.78 is 5.83. The summed E-state index contributed by atoms with van der Waals surface area (Å²) in [6.07, 6.45) is 0.612. The predicted molar refractivity (Wildman–Crippen MR) is 116 cm³/mol. The molecule has 0 bridgehead atoms. The lowest BCUT2D eigenvalue weighted by Crippen LogP contribution is -2.62. The van der Waals surface area contributed by atoms with Crippen molar-refractivity contribution in [3.63, 3.8) is 0 Å². The topological polar surface area (TPSA) is 66.8 Å². The summed E-state index contributed by atoms with van der Waals surface area (Å²) in [6, 6.07) is 23.8. The highest BCUT2D eigenvalue weighted by Gasteiger charge is 2.65. The number of carbonyl (C=O) groups is 2. The Morgan fingerprint density at radius 1 is 0.903 bits per heavy atom. The lowest BCUT2D eigenvalue weighted by atomic mass is 9.65. The normalized spacial score (nSPS) is 22.7. The van der Waals surface area contributed by atoms with Crippen LogP contribution in [-0.2, 0) is 9.53 Å². The fourth-order valence-electron chi connectivity index (χ4n) is 5.71. The molecule has 31 heavy (non-hydrogen) atoms. The van der Waals surface area contributed by atoms with Gasteiger partial charge in [-0.2, -0.15) is 0 Å². The summed E-state index contributed by atoms with van der Waals surface area (Å²) in [5.41, 5.74) is 4.93. The van der Waals surface area contributed by atoms with E-state index in [1.54, 1.807) is 0 Å². The maximum atomic E-state index is 13.3. The molecule has 1 amide bonds. The molecule has 2 aliphatic carbocycles. The standard InChI is InChI=1S/C26H21NO4/c28-24(29)26-14-13-22(26)20-11-5-6-12-23(20)27(26)25(30)31-15-21-18-9-3-1-7-16(18)17-8-2-4-10-19(17)21/h1-12,21-22H,13-15H2,(H,28,29). The minimum Gasteiger partial charge on any atom is -0.479 e. The number of nitrogens with zero attached hydrogens (tertiary/aromatic N) is 1. The Balaban J connectivity index is 1.32. The molecule has 6 rings (SSSR count). The van der Waals surface area contributed by atoms with Crippen LogP contribution < -0.4 is 4.90 Å². The van der Waals surface area contributed by atoms with Gasteiger partial charge in [0.25, 0.3) is 0 Å². The quantitative estimate of drug-likeness (QED) is 0.647. The van der Waals surface area contributed by atoms with Crippen molar-refractivity contribution in [3.8, 4) is 11.1 Å². The van der Waals surface area contributed by atoms with E-state index in [0.717, 1.165) is 34.2 Å². The molecule has 0 radical (unpaired) electrons. The van der Waals surface area contributed by atoms with Crippen molar-refractivity contribution < 1.29 is 19.4 Å².